The summed E-state index contributed by atoms with van der Waals surface area (Å²) in [7, 11) is -4.10. The monoisotopic (exact) mass is 483 g/mol. The Hall–Kier alpha value is -3.22. The van der Waals surface area contributed by atoms with Crippen LogP contribution in [-0.2, 0) is 14.8 Å². The molecule has 0 spiro atoms. The molecular weight excluding hydrogens is 462 g/mol. The largest absolute Gasteiger partial charge is 0.379 e. The molecule has 2 aromatic rings. The van der Waals surface area contributed by atoms with Crippen LogP contribution in [0.25, 0.3) is 0 Å². The molecule has 11 nitrogen and oxygen atoms in total. The SMILES string of the molecule is CCCNC(=O)c1ccc(Cl)cc1NC(=O)CCNc1ccc(S(N)(=O)=O)cc1[N+](=O)[O-]. The van der Waals surface area contributed by atoms with Gasteiger partial charge in [0.05, 0.1) is 21.1 Å². The summed E-state index contributed by atoms with van der Waals surface area (Å²) in [5.41, 5.74) is 0.0113. The Labute approximate surface area is 189 Å². The van der Waals surface area contributed by atoms with Crippen molar-refractivity contribution in [2.24, 2.45) is 5.14 Å². The van der Waals surface area contributed by atoms with Gasteiger partial charge in [-0.3, -0.25) is 19.7 Å². The van der Waals surface area contributed by atoms with Crippen LogP contribution >= 0.6 is 11.6 Å². The van der Waals surface area contributed by atoms with Gasteiger partial charge in [-0.05, 0) is 36.8 Å². The zero-order chi connectivity index (χ0) is 23.9. The van der Waals surface area contributed by atoms with E-state index in [1.807, 2.05) is 6.92 Å². The molecule has 0 aliphatic heterocycles. The summed E-state index contributed by atoms with van der Waals surface area (Å²) in [6, 6.07) is 7.64. The Morgan fingerprint density at radius 3 is 2.47 bits per heavy atom. The van der Waals surface area contributed by atoms with Gasteiger partial charge in [0.2, 0.25) is 15.9 Å². The highest BCUT2D eigenvalue weighted by Gasteiger charge is 2.19. The predicted octanol–water partition coefficient (Wildman–Crippen LogP) is 2.48. The number of benzene rings is 2. The predicted molar refractivity (Wildman–Crippen MR) is 120 cm³/mol. The molecule has 0 radical (unpaired) electrons. The number of nitrogens with one attached hydrogen (secondary N) is 3. The lowest BCUT2D eigenvalue weighted by molar-refractivity contribution is -0.384. The minimum atomic E-state index is -4.10. The van der Waals surface area contributed by atoms with Crippen molar-refractivity contribution in [1.82, 2.24) is 5.32 Å². The molecule has 0 fully saturated rings. The molecule has 0 heterocycles. The van der Waals surface area contributed by atoms with Crippen molar-refractivity contribution in [3.05, 3.63) is 57.1 Å². The molecule has 5 N–H and O–H groups in total. The maximum atomic E-state index is 12.4. The van der Waals surface area contributed by atoms with Crippen molar-refractivity contribution >= 4 is 50.5 Å². The number of carbonyl (C=O) groups excluding carboxylic acids is 2. The van der Waals surface area contributed by atoms with Crippen LogP contribution in [0.1, 0.15) is 30.1 Å². The minimum Gasteiger partial charge on any atom is -0.379 e. The maximum Gasteiger partial charge on any atom is 0.293 e. The lowest BCUT2D eigenvalue weighted by atomic mass is 10.1. The summed E-state index contributed by atoms with van der Waals surface area (Å²) in [5, 5.41) is 24.6. The van der Waals surface area contributed by atoms with E-state index in [0.29, 0.717) is 11.6 Å². The number of carbonyl (C=O) groups is 2. The van der Waals surface area contributed by atoms with Gasteiger partial charge in [-0.1, -0.05) is 18.5 Å². The first-order valence-corrected chi connectivity index (χ1v) is 11.4. The van der Waals surface area contributed by atoms with Gasteiger partial charge in [0.15, 0.2) is 0 Å². The van der Waals surface area contributed by atoms with Crippen LogP contribution in [0.5, 0.6) is 0 Å². The second-order valence-electron chi connectivity index (χ2n) is 6.65. The molecule has 13 heteroatoms. The fourth-order valence-electron chi connectivity index (χ4n) is 2.66. The summed E-state index contributed by atoms with van der Waals surface area (Å²) in [4.78, 5) is 34.7. The molecule has 0 bridgehead atoms. The van der Waals surface area contributed by atoms with E-state index in [1.165, 1.54) is 24.3 Å². The number of anilines is 2. The zero-order valence-electron chi connectivity index (χ0n) is 17.1. The van der Waals surface area contributed by atoms with Gasteiger partial charge in [-0.2, -0.15) is 0 Å². The fraction of sp³-hybridized carbons (Fsp3) is 0.263. The van der Waals surface area contributed by atoms with Gasteiger partial charge in [-0.15, -0.1) is 0 Å². The van der Waals surface area contributed by atoms with Crippen molar-refractivity contribution < 1.29 is 22.9 Å². The van der Waals surface area contributed by atoms with Crippen LogP contribution in [0.2, 0.25) is 5.02 Å². The molecule has 0 saturated carbocycles. The highest BCUT2D eigenvalue weighted by molar-refractivity contribution is 7.89. The summed E-state index contributed by atoms with van der Waals surface area (Å²) in [6.07, 6.45) is 0.646. The van der Waals surface area contributed by atoms with Crippen LogP contribution in [0.3, 0.4) is 0 Å². The lowest BCUT2D eigenvalue weighted by Gasteiger charge is -2.12. The number of nitrogens with zero attached hydrogens (tertiary/aromatic N) is 1. The topological polar surface area (TPSA) is 174 Å². The number of rotatable bonds is 10. The van der Waals surface area contributed by atoms with Crippen LogP contribution in [0, 0.1) is 10.1 Å². The average Bonchev–Trinajstić information content (AvgIpc) is 2.71. The Bertz CT molecular complexity index is 1140. The maximum absolute atomic E-state index is 12.4. The minimum absolute atomic E-state index is 0.000669. The Kier molecular flexibility index (Phi) is 8.52. The highest BCUT2D eigenvalue weighted by Crippen LogP contribution is 2.27. The number of sulfonamides is 1. The molecule has 32 heavy (non-hydrogen) atoms. The van der Waals surface area contributed by atoms with Crippen LogP contribution in [0.15, 0.2) is 41.3 Å². The van der Waals surface area contributed by atoms with Gasteiger partial charge in [0, 0.05) is 30.6 Å². The van der Waals surface area contributed by atoms with Gasteiger partial charge in [0.25, 0.3) is 11.6 Å². The normalized spacial score (nSPS) is 11.0. The second-order valence-corrected chi connectivity index (χ2v) is 8.65. The summed E-state index contributed by atoms with van der Waals surface area (Å²) >= 11 is 5.97. The molecule has 0 saturated heterocycles. The Balaban J connectivity index is 2.06. The quantitative estimate of drug-likeness (QED) is 0.296. The molecule has 0 unspecified atom stereocenters. The molecule has 2 aromatic carbocycles. The van der Waals surface area contributed by atoms with E-state index < -0.39 is 31.4 Å². The van der Waals surface area contributed by atoms with Crippen molar-refractivity contribution in [3.63, 3.8) is 0 Å². The number of hydrogen-bond acceptors (Lipinski definition) is 7. The zero-order valence-corrected chi connectivity index (χ0v) is 18.6. The standard InChI is InChI=1S/C19H22ClN5O6S/c1-2-8-23-19(27)14-5-3-12(20)10-16(14)24-18(26)7-9-22-15-6-4-13(32(21,30)31)11-17(15)25(28)29/h3-6,10-11,22H,2,7-9H2,1H3,(H,23,27)(H,24,26)(H2,21,30,31). The summed E-state index contributed by atoms with van der Waals surface area (Å²) < 4.78 is 22.8. The van der Waals surface area contributed by atoms with Crippen molar-refractivity contribution in [1.29, 1.82) is 0 Å². The third kappa shape index (κ3) is 6.90. The molecule has 2 amide bonds. The highest BCUT2D eigenvalue weighted by atomic mass is 35.5. The molecule has 172 valence electrons. The summed E-state index contributed by atoms with van der Waals surface area (Å²) in [6.45, 7) is 2.38. The number of nitro benzene ring substituents is 1. The Morgan fingerprint density at radius 2 is 1.84 bits per heavy atom. The van der Waals surface area contributed by atoms with Crippen molar-refractivity contribution in [2.75, 3.05) is 23.7 Å². The molecule has 0 atom stereocenters. The van der Waals surface area contributed by atoms with E-state index >= 15 is 0 Å². The number of nitrogens with two attached hydrogens (primary N) is 1. The third-order valence-corrected chi connectivity index (χ3v) is 5.34. The third-order valence-electron chi connectivity index (χ3n) is 4.20. The van der Waals surface area contributed by atoms with Crippen molar-refractivity contribution in [3.8, 4) is 0 Å². The van der Waals surface area contributed by atoms with E-state index in [0.717, 1.165) is 18.6 Å². The first-order valence-electron chi connectivity index (χ1n) is 9.45. The number of nitro groups is 1. The first-order chi connectivity index (χ1) is 15.0. The number of hydrogen-bond donors (Lipinski definition) is 4. The average molecular weight is 484 g/mol. The first kappa shape index (κ1) is 25.0. The van der Waals surface area contributed by atoms with Gasteiger partial charge >= 0.3 is 0 Å². The number of amides is 2. The molecule has 0 aliphatic rings. The molecular formula is C19H22ClN5O6S. The van der Waals surface area contributed by atoms with Crippen molar-refractivity contribution in [2.45, 2.75) is 24.7 Å². The molecule has 0 aliphatic carbocycles. The van der Waals surface area contributed by atoms with E-state index in [9.17, 15) is 28.1 Å². The van der Waals surface area contributed by atoms with Crippen LogP contribution < -0.4 is 21.1 Å². The van der Waals surface area contributed by atoms with Gasteiger partial charge in [-0.25, -0.2) is 13.6 Å². The van der Waals surface area contributed by atoms with E-state index in [-0.39, 0.29) is 35.8 Å². The number of halogens is 1. The summed E-state index contributed by atoms with van der Waals surface area (Å²) in [5.74, 6) is -0.823. The fourth-order valence-corrected chi connectivity index (χ4v) is 3.37. The van der Waals surface area contributed by atoms with Crippen LogP contribution in [0.4, 0.5) is 17.1 Å². The molecule has 0 aromatic heterocycles. The molecule has 2 rings (SSSR count). The van der Waals surface area contributed by atoms with Gasteiger partial charge < -0.3 is 16.0 Å². The smallest absolute Gasteiger partial charge is 0.293 e. The lowest BCUT2D eigenvalue weighted by Crippen LogP contribution is -2.26. The van der Waals surface area contributed by atoms with Gasteiger partial charge in [0.1, 0.15) is 5.69 Å². The second kappa shape index (κ2) is 10.9. The Morgan fingerprint density at radius 1 is 1.12 bits per heavy atom. The van der Waals surface area contributed by atoms with E-state index in [1.54, 1.807) is 0 Å². The van der Waals surface area contributed by atoms with E-state index in [2.05, 4.69) is 16.0 Å². The van der Waals surface area contributed by atoms with Crippen LogP contribution in [-0.4, -0.2) is 38.2 Å². The number of primary sulfonamides is 1. The van der Waals surface area contributed by atoms with E-state index in [4.69, 9.17) is 16.7 Å².